The van der Waals surface area contributed by atoms with Crippen molar-refractivity contribution in [1.82, 2.24) is 20.3 Å². The van der Waals surface area contributed by atoms with E-state index in [0.29, 0.717) is 4.88 Å². The molecule has 2 heterocycles. The molecule has 0 atom stereocenters. The van der Waals surface area contributed by atoms with Gasteiger partial charge in [-0.15, -0.1) is 11.3 Å². The largest absolute Gasteiger partial charge is 0.476 e. The van der Waals surface area contributed by atoms with Crippen LogP contribution in [0, 0.1) is 0 Å². The van der Waals surface area contributed by atoms with Gasteiger partial charge in [-0.2, -0.15) is 0 Å². The van der Waals surface area contributed by atoms with Gasteiger partial charge in [-0.25, -0.2) is 14.8 Å². The minimum atomic E-state index is -1.11. The summed E-state index contributed by atoms with van der Waals surface area (Å²) >= 11 is 0.878. The van der Waals surface area contributed by atoms with Crippen LogP contribution in [0.4, 0.5) is 0 Å². The molecule has 98 valence electrons. The Balaban J connectivity index is 1.93. The van der Waals surface area contributed by atoms with Gasteiger partial charge in [0, 0.05) is 26.2 Å². The van der Waals surface area contributed by atoms with E-state index >= 15 is 0 Å². The van der Waals surface area contributed by atoms with E-state index < -0.39 is 5.97 Å². The molecule has 1 aliphatic rings. The maximum atomic E-state index is 11.8. The Morgan fingerprint density at radius 1 is 1.39 bits per heavy atom. The molecule has 2 rings (SSSR count). The number of carboxylic acids is 1. The monoisotopic (exact) mass is 270 g/mol. The molecule has 1 saturated heterocycles. The molecule has 1 aliphatic heterocycles. The normalized spacial score (nSPS) is 17.6. The first-order valence-electron chi connectivity index (χ1n) is 5.50. The molecule has 0 aliphatic carbocycles. The summed E-state index contributed by atoms with van der Waals surface area (Å²) in [5.74, 6) is -1.41. The molecule has 0 aromatic carbocycles. The summed E-state index contributed by atoms with van der Waals surface area (Å²) in [6.45, 7) is 3.30. The van der Waals surface area contributed by atoms with Crippen LogP contribution in [-0.4, -0.2) is 65.1 Å². The fourth-order valence-corrected chi connectivity index (χ4v) is 2.24. The molecular weight excluding hydrogens is 256 g/mol. The van der Waals surface area contributed by atoms with Crippen molar-refractivity contribution in [2.45, 2.75) is 0 Å². The highest BCUT2D eigenvalue weighted by Crippen LogP contribution is 2.12. The smallest absolute Gasteiger partial charge is 0.365 e. The fourth-order valence-electron chi connectivity index (χ4n) is 1.59. The van der Waals surface area contributed by atoms with Gasteiger partial charge in [-0.3, -0.25) is 10.2 Å². The molecule has 0 spiro atoms. The Bertz CT molecular complexity index is 454. The molecule has 18 heavy (non-hydrogen) atoms. The zero-order valence-electron chi connectivity index (χ0n) is 9.92. The molecule has 2 N–H and O–H groups in total. The Labute approximate surface area is 108 Å². The van der Waals surface area contributed by atoms with Crippen LogP contribution in [0.25, 0.3) is 0 Å². The van der Waals surface area contributed by atoms with Crippen LogP contribution in [-0.2, 0) is 0 Å². The molecule has 0 unspecified atom stereocenters. The third kappa shape index (κ3) is 3.03. The number of carbonyl (C=O) groups excluding carboxylic acids is 1. The van der Waals surface area contributed by atoms with E-state index in [1.807, 2.05) is 12.1 Å². The molecule has 1 aromatic heterocycles. The van der Waals surface area contributed by atoms with Crippen molar-refractivity contribution in [3.05, 3.63) is 16.1 Å². The summed E-state index contributed by atoms with van der Waals surface area (Å²) in [6, 6.07) is 0. The van der Waals surface area contributed by atoms with Crippen LogP contribution >= 0.6 is 11.3 Å². The first-order chi connectivity index (χ1) is 8.56. The summed E-state index contributed by atoms with van der Waals surface area (Å²) in [7, 11) is 2.03. The standard InChI is InChI=1S/C10H14N4O3S/c1-13-2-4-14(5-3-13)12-8(15)7-6-11-9(18-7)10(16)17/h6H,2-5H2,1H3,(H,12,15)(H,16,17). The Kier molecular flexibility index (Phi) is 3.90. The van der Waals surface area contributed by atoms with Crippen LogP contribution in [0.2, 0.25) is 0 Å². The van der Waals surface area contributed by atoms with E-state index in [1.54, 1.807) is 0 Å². The van der Waals surface area contributed by atoms with E-state index in [0.717, 1.165) is 37.5 Å². The highest BCUT2D eigenvalue weighted by molar-refractivity contribution is 7.15. The summed E-state index contributed by atoms with van der Waals surface area (Å²) in [6.07, 6.45) is 1.29. The average Bonchev–Trinajstić information content (AvgIpc) is 2.81. The number of hydrogen-bond acceptors (Lipinski definition) is 6. The Morgan fingerprint density at radius 3 is 2.61 bits per heavy atom. The van der Waals surface area contributed by atoms with Crippen molar-refractivity contribution < 1.29 is 14.7 Å². The van der Waals surface area contributed by atoms with Gasteiger partial charge < -0.3 is 10.0 Å². The van der Waals surface area contributed by atoms with Crippen molar-refractivity contribution in [2.24, 2.45) is 0 Å². The maximum absolute atomic E-state index is 11.8. The van der Waals surface area contributed by atoms with Crippen LogP contribution in [0.15, 0.2) is 6.20 Å². The number of rotatable bonds is 3. The average molecular weight is 270 g/mol. The van der Waals surface area contributed by atoms with Gasteiger partial charge in [0.1, 0.15) is 4.88 Å². The lowest BCUT2D eigenvalue weighted by molar-refractivity contribution is 0.0664. The topological polar surface area (TPSA) is 85.8 Å². The zero-order chi connectivity index (χ0) is 13.1. The number of hydrogen-bond donors (Lipinski definition) is 2. The third-order valence-corrected chi connectivity index (χ3v) is 3.66. The van der Waals surface area contributed by atoms with Crippen LogP contribution < -0.4 is 5.43 Å². The first kappa shape index (κ1) is 12.9. The number of thiazole rings is 1. The number of likely N-dealkylation sites (N-methyl/N-ethyl adjacent to an activating group) is 1. The first-order valence-corrected chi connectivity index (χ1v) is 6.31. The second-order valence-electron chi connectivity index (χ2n) is 4.07. The number of hydrazine groups is 1. The summed E-state index contributed by atoms with van der Waals surface area (Å²) in [5.41, 5.74) is 2.75. The van der Waals surface area contributed by atoms with Gasteiger partial charge in [-0.1, -0.05) is 0 Å². The highest BCUT2D eigenvalue weighted by Gasteiger charge is 2.19. The number of nitrogens with zero attached hydrogens (tertiary/aromatic N) is 3. The van der Waals surface area contributed by atoms with Crippen molar-refractivity contribution in [2.75, 3.05) is 33.2 Å². The Hall–Kier alpha value is -1.51. The predicted molar refractivity (Wildman–Crippen MR) is 65.6 cm³/mol. The lowest BCUT2D eigenvalue weighted by Gasteiger charge is -2.32. The number of aromatic nitrogens is 1. The minimum Gasteiger partial charge on any atom is -0.476 e. The molecule has 0 saturated carbocycles. The van der Waals surface area contributed by atoms with E-state index in [2.05, 4.69) is 15.3 Å². The second kappa shape index (κ2) is 5.42. The number of nitrogens with one attached hydrogen (secondary N) is 1. The minimum absolute atomic E-state index is 0.0708. The third-order valence-electron chi connectivity index (χ3n) is 2.68. The highest BCUT2D eigenvalue weighted by atomic mass is 32.1. The van der Waals surface area contributed by atoms with Gasteiger partial charge in [0.15, 0.2) is 0 Å². The van der Waals surface area contributed by atoms with Gasteiger partial charge in [-0.05, 0) is 7.05 Å². The predicted octanol–water partition coefficient (Wildman–Crippen LogP) is -0.267. The Morgan fingerprint density at radius 2 is 2.06 bits per heavy atom. The molecular formula is C10H14N4O3S. The molecule has 1 amide bonds. The number of carboxylic acid groups (broad SMARTS) is 1. The second-order valence-corrected chi connectivity index (χ2v) is 5.10. The summed E-state index contributed by atoms with van der Waals surface area (Å²) in [5, 5.41) is 10.5. The zero-order valence-corrected chi connectivity index (χ0v) is 10.7. The molecule has 0 bridgehead atoms. The van der Waals surface area contributed by atoms with Crippen molar-refractivity contribution in [1.29, 1.82) is 0 Å². The lowest BCUT2D eigenvalue weighted by Crippen LogP contribution is -2.52. The number of aromatic carboxylic acids is 1. The van der Waals surface area contributed by atoms with Crippen molar-refractivity contribution in [3.8, 4) is 0 Å². The molecule has 8 heteroatoms. The SMILES string of the molecule is CN1CCN(NC(=O)c2cnc(C(=O)O)s2)CC1. The van der Waals surface area contributed by atoms with Crippen LogP contribution in [0.3, 0.4) is 0 Å². The quantitative estimate of drug-likeness (QED) is 0.786. The molecule has 1 aromatic rings. The van der Waals surface area contributed by atoms with Gasteiger partial charge in [0.25, 0.3) is 5.91 Å². The molecule has 7 nitrogen and oxygen atoms in total. The van der Waals surface area contributed by atoms with E-state index in [1.165, 1.54) is 6.20 Å². The molecule has 0 radical (unpaired) electrons. The van der Waals surface area contributed by atoms with Crippen LogP contribution in [0.1, 0.15) is 19.5 Å². The van der Waals surface area contributed by atoms with E-state index in [4.69, 9.17) is 5.11 Å². The van der Waals surface area contributed by atoms with Gasteiger partial charge in [0.2, 0.25) is 5.01 Å². The lowest BCUT2D eigenvalue weighted by atomic mass is 10.4. The summed E-state index contributed by atoms with van der Waals surface area (Å²) < 4.78 is 0. The van der Waals surface area contributed by atoms with Gasteiger partial charge >= 0.3 is 5.97 Å². The maximum Gasteiger partial charge on any atom is 0.365 e. The van der Waals surface area contributed by atoms with E-state index in [-0.39, 0.29) is 10.9 Å². The number of amides is 1. The fraction of sp³-hybridized carbons (Fsp3) is 0.500. The van der Waals surface area contributed by atoms with Gasteiger partial charge in [0.05, 0.1) is 6.20 Å². The number of piperazine rings is 1. The van der Waals surface area contributed by atoms with Crippen molar-refractivity contribution >= 4 is 23.2 Å². The van der Waals surface area contributed by atoms with Crippen LogP contribution in [0.5, 0.6) is 0 Å². The number of carbonyl (C=O) groups is 2. The van der Waals surface area contributed by atoms with Crippen molar-refractivity contribution in [3.63, 3.8) is 0 Å². The summed E-state index contributed by atoms with van der Waals surface area (Å²) in [4.78, 5) is 28.7. The molecule has 1 fully saturated rings. The van der Waals surface area contributed by atoms with E-state index in [9.17, 15) is 9.59 Å².